The van der Waals surface area contributed by atoms with Gasteiger partial charge in [0.1, 0.15) is 5.75 Å². The average Bonchev–Trinajstić information content (AvgIpc) is 2.89. The van der Waals surface area contributed by atoms with E-state index >= 15 is 0 Å². The van der Waals surface area contributed by atoms with Gasteiger partial charge in [-0.15, -0.1) is 0 Å². The molecule has 1 fully saturated rings. The number of amides is 3. The summed E-state index contributed by atoms with van der Waals surface area (Å²) in [5.41, 5.74) is 4.74. The second-order valence-electron chi connectivity index (χ2n) is 8.97. The second kappa shape index (κ2) is 11.6. The van der Waals surface area contributed by atoms with Crippen LogP contribution in [0.3, 0.4) is 0 Å². The van der Waals surface area contributed by atoms with Crippen LogP contribution in [0.1, 0.15) is 52.7 Å². The van der Waals surface area contributed by atoms with Gasteiger partial charge in [0.25, 0.3) is 5.91 Å². The first-order valence-corrected chi connectivity index (χ1v) is 12.2. The monoisotopic (exact) mass is 471 g/mol. The Bertz CT molecular complexity index is 1140. The number of piperidine rings is 1. The number of benzene rings is 3. The van der Waals surface area contributed by atoms with Crippen LogP contribution in [0, 0.1) is 6.92 Å². The highest BCUT2D eigenvalue weighted by molar-refractivity contribution is 5.94. The highest BCUT2D eigenvalue weighted by Gasteiger charge is 2.25. The zero-order chi connectivity index (χ0) is 24.6. The molecule has 35 heavy (non-hydrogen) atoms. The highest BCUT2D eigenvalue weighted by Crippen LogP contribution is 2.28. The average molecular weight is 472 g/mol. The van der Waals surface area contributed by atoms with E-state index in [2.05, 4.69) is 16.7 Å². The van der Waals surface area contributed by atoms with E-state index in [4.69, 9.17) is 4.74 Å². The van der Waals surface area contributed by atoms with Gasteiger partial charge in [0.05, 0.1) is 6.61 Å². The molecule has 4 rings (SSSR count). The number of carbonyl (C=O) groups excluding carboxylic acids is 2. The van der Waals surface area contributed by atoms with Crippen molar-refractivity contribution in [2.45, 2.75) is 39.2 Å². The third-order valence-electron chi connectivity index (χ3n) is 6.32. The fourth-order valence-electron chi connectivity index (χ4n) is 4.36. The van der Waals surface area contributed by atoms with Crippen LogP contribution in [0.5, 0.6) is 5.75 Å². The Morgan fingerprint density at radius 1 is 1.03 bits per heavy atom. The molecular formula is C29H33N3O3. The van der Waals surface area contributed by atoms with E-state index in [1.807, 2.05) is 85.5 Å². The number of likely N-dealkylation sites (tertiary alicyclic amines) is 1. The number of aryl methyl sites for hydroxylation is 1. The molecule has 1 heterocycles. The lowest BCUT2D eigenvalue weighted by atomic mass is 9.89. The number of rotatable bonds is 7. The third-order valence-corrected chi connectivity index (χ3v) is 6.32. The van der Waals surface area contributed by atoms with Gasteiger partial charge in [-0.05, 0) is 74.2 Å². The Hall–Kier alpha value is -3.80. The minimum Gasteiger partial charge on any atom is -0.494 e. The first kappa shape index (κ1) is 24.3. The van der Waals surface area contributed by atoms with Crippen molar-refractivity contribution < 1.29 is 14.3 Å². The molecule has 0 radical (unpaired) electrons. The fraction of sp³-hybridized carbons (Fsp3) is 0.310. The van der Waals surface area contributed by atoms with Crippen molar-refractivity contribution >= 4 is 17.6 Å². The molecule has 0 aliphatic carbocycles. The van der Waals surface area contributed by atoms with Crippen LogP contribution < -0.4 is 15.4 Å². The number of nitrogens with zero attached hydrogens (tertiary/aromatic N) is 1. The minimum absolute atomic E-state index is 0.0895. The van der Waals surface area contributed by atoms with Gasteiger partial charge in [-0.3, -0.25) is 4.79 Å². The van der Waals surface area contributed by atoms with Gasteiger partial charge < -0.3 is 20.3 Å². The van der Waals surface area contributed by atoms with E-state index in [0.29, 0.717) is 25.3 Å². The van der Waals surface area contributed by atoms with E-state index in [1.165, 1.54) is 5.56 Å². The lowest BCUT2D eigenvalue weighted by Gasteiger charge is -2.33. The number of hydrogen-bond donors (Lipinski definition) is 2. The largest absolute Gasteiger partial charge is 0.494 e. The summed E-state index contributed by atoms with van der Waals surface area (Å²) in [7, 11) is 0. The molecule has 3 amide bonds. The van der Waals surface area contributed by atoms with Crippen LogP contribution in [0.25, 0.3) is 0 Å². The molecule has 0 unspecified atom stereocenters. The van der Waals surface area contributed by atoms with Crippen molar-refractivity contribution in [3.05, 3.63) is 95.1 Å². The molecule has 6 heteroatoms. The maximum atomic E-state index is 12.9. The van der Waals surface area contributed by atoms with E-state index in [-0.39, 0.29) is 17.9 Å². The van der Waals surface area contributed by atoms with Crippen LogP contribution >= 0.6 is 0 Å². The molecule has 3 aromatic rings. The lowest BCUT2D eigenvalue weighted by Crippen LogP contribution is -2.41. The molecule has 0 saturated carbocycles. The Kier molecular flexibility index (Phi) is 8.03. The van der Waals surface area contributed by atoms with Gasteiger partial charge in [-0.25, -0.2) is 4.79 Å². The smallest absolute Gasteiger partial charge is 0.321 e. The molecule has 0 spiro atoms. The highest BCUT2D eigenvalue weighted by atomic mass is 16.5. The molecule has 6 nitrogen and oxygen atoms in total. The van der Waals surface area contributed by atoms with Crippen LogP contribution in [-0.4, -0.2) is 36.5 Å². The van der Waals surface area contributed by atoms with Crippen LogP contribution in [0.2, 0.25) is 0 Å². The van der Waals surface area contributed by atoms with Crippen LogP contribution in [0.4, 0.5) is 10.5 Å². The van der Waals surface area contributed by atoms with Crippen molar-refractivity contribution in [3.8, 4) is 5.75 Å². The summed E-state index contributed by atoms with van der Waals surface area (Å²) in [5.74, 6) is 0.888. The zero-order valence-electron chi connectivity index (χ0n) is 20.4. The second-order valence-corrected chi connectivity index (χ2v) is 8.97. The molecule has 3 aromatic carbocycles. The predicted octanol–water partition coefficient (Wildman–Crippen LogP) is 5.74. The van der Waals surface area contributed by atoms with Gasteiger partial charge in [-0.2, -0.15) is 0 Å². The van der Waals surface area contributed by atoms with Crippen LogP contribution in [0.15, 0.2) is 72.8 Å². The summed E-state index contributed by atoms with van der Waals surface area (Å²) in [5, 5.41) is 5.99. The molecule has 182 valence electrons. The summed E-state index contributed by atoms with van der Waals surface area (Å²) < 4.78 is 5.46. The van der Waals surface area contributed by atoms with E-state index in [0.717, 1.165) is 42.0 Å². The van der Waals surface area contributed by atoms with Crippen molar-refractivity contribution in [3.63, 3.8) is 0 Å². The first-order chi connectivity index (χ1) is 17.0. The Morgan fingerprint density at radius 3 is 2.54 bits per heavy atom. The zero-order valence-corrected chi connectivity index (χ0v) is 20.4. The number of nitrogens with one attached hydrogen (secondary N) is 2. The molecule has 1 atom stereocenters. The Balaban J connectivity index is 1.35. The summed E-state index contributed by atoms with van der Waals surface area (Å²) in [6.07, 6.45) is 1.91. The summed E-state index contributed by atoms with van der Waals surface area (Å²) >= 11 is 0. The molecule has 0 bridgehead atoms. The molecule has 0 aromatic heterocycles. The SMILES string of the molecule is CCOc1ccc(NC(=O)N2CCC[C@@H](c3cccc(C(=O)NCc4ccc(C)cc4)c3)C2)cc1. The van der Waals surface area contributed by atoms with Gasteiger partial charge in [0, 0.05) is 36.8 Å². The van der Waals surface area contributed by atoms with Gasteiger partial charge in [0.15, 0.2) is 0 Å². The number of anilines is 1. The number of ether oxygens (including phenoxy) is 1. The normalized spacial score (nSPS) is 15.4. The van der Waals surface area contributed by atoms with Crippen LogP contribution in [-0.2, 0) is 6.54 Å². The van der Waals surface area contributed by atoms with Crippen molar-refractivity contribution in [2.75, 3.05) is 25.0 Å². The van der Waals surface area contributed by atoms with E-state index < -0.39 is 0 Å². The topological polar surface area (TPSA) is 70.7 Å². The molecule has 1 saturated heterocycles. The first-order valence-electron chi connectivity index (χ1n) is 12.2. The van der Waals surface area contributed by atoms with Gasteiger partial charge in [0.2, 0.25) is 0 Å². The Morgan fingerprint density at radius 2 is 1.80 bits per heavy atom. The lowest BCUT2D eigenvalue weighted by molar-refractivity contribution is 0.0950. The quantitative estimate of drug-likeness (QED) is 0.462. The van der Waals surface area contributed by atoms with E-state index in [1.54, 1.807) is 0 Å². The molecule has 1 aliphatic rings. The van der Waals surface area contributed by atoms with Gasteiger partial charge in [-0.1, -0.05) is 42.0 Å². The molecule has 2 N–H and O–H groups in total. The maximum absolute atomic E-state index is 12.9. The maximum Gasteiger partial charge on any atom is 0.321 e. The van der Waals surface area contributed by atoms with Crippen molar-refractivity contribution in [2.24, 2.45) is 0 Å². The standard InChI is InChI=1S/C29H33N3O3/c1-3-35-27-15-13-26(14-16-27)31-29(34)32-17-5-8-25(20-32)23-6-4-7-24(18-23)28(33)30-19-22-11-9-21(2)10-12-22/h4,6-7,9-16,18,25H,3,5,8,17,19-20H2,1-2H3,(H,30,33)(H,31,34)/t25-/m1/s1. The summed E-state index contributed by atoms with van der Waals surface area (Å²) in [4.78, 5) is 27.5. The molecule has 1 aliphatic heterocycles. The van der Waals surface area contributed by atoms with E-state index in [9.17, 15) is 9.59 Å². The number of hydrogen-bond acceptors (Lipinski definition) is 3. The molecular weight excluding hydrogens is 438 g/mol. The third kappa shape index (κ3) is 6.63. The fourth-order valence-corrected chi connectivity index (χ4v) is 4.36. The number of urea groups is 1. The van der Waals surface area contributed by atoms with Crippen molar-refractivity contribution in [1.82, 2.24) is 10.2 Å². The minimum atomic E-state index is -0.106. The predicted molar refractivity (Wildman–Crippen MR) is 139 cm³/mol. The van der Waals surface area contributed by atoms with Crippen molar-refractivity contribution in [1.29, 1.82) is 0 Å². The summed E-state index contributed by atoms with van der Waals surface area (Å²) in [6.45, 7) is 6.43. The van der Waals surface area contributed by atoms with Gasteiger partial charge >= 0.3 is 6.03 Å². The Labute approximate surface area is 207 Å². The number of carbonyl (C=O) groups is 2. The summed E-state index contributed by atoms with van der Waals surface area (Å²) in [6, 6.07) is 23.2.